The summed E-state index contributed by atoms with van der Waals surface area (Å²) in [6.45, 7) is 6.04. The molecule has 2 fully saturated rings. The Morgan fingerprint density at radius 1 is 1.12 bits per heavy atom. The average molecular weight is 670 g/mol. The maximum absolute atomic E-state index is 16.9. The number of aromatic hydroxyl groups is 1. The van der Waals surface area contributed by atoms with E-state index in [1.54, 1.807) is 18.5 Å². The summed E-state index contributed by atoms with van der Waals surface area (Å²) < 4.78 is 39.6. The molecule has 2 aromatic carbocycles. The van der Waals surface area contributed by atoms with E-state index in [0.29, 0.717) is 66.5 Å². The fourth-order valence-corrected chi connectivity index (χ4v) is 7.24. The second kappa shape index (κ2) is 13.0. The molecule has 3 aromatic heterocycles. The van der Waals surface area contributed by atoms with Gasteiger partial charge in [0.15, 0.2) is 5.82 Å². The highest BCUT2D eigenvalue weighted by Gasteiger charge is 2.44. The number of anilines is 1. The van der Waals surface area contributed by atoms with E-state index in [2.05, 4.69) is 24.9 Å². The van der Waals surface area contributed by atoms with E-state index in [1.165, 1.54) is 22.9 Å². The molecule has 0 spiro atoms. The number of phenolic OH excluding ortho intramolecular Hbond substituents is 1. The maximum atomic E-state index is 16.9. The lowest BCUT2D eigenvalue weighted by Gasteiger charge is -2.24. The number of aryl methyl sites for hydroxylation is 2. The molecule has 0 amide bonds. The Morgan fingerprint density at radius 2 is 1.94 bits per heavy atom. The topological polar surface area (TPSA) is 110 Å². The highest BCUT2D eigenvalue weighted by molar-refractivity contribution is 6.01. The first kappa shape index (κ1) is 32.8. The van der Waals surface area contributed by atoms with Gasteiger partial charge in [0.1, 0.15) is 28.6 Å². The van der Waals surface area contributed by atoms with Crippen molar-refractivity contribution in [1.82, 2.24) is 29.6 Å². The van der Waals surface area contributed by atoms with Crippen LogP contribution in [-0.2, 0) is 6.42 Å². The summed E-state index contributed by atoms with van der Waals surface area (Å²) in [6, 6.07) is 7.76. The molecule has 5 aromatic rings. The summed E-state index contributed by atoms with van der Waals surface area (Å²) in [7, 11) is 4.06. The molecule has 7 rings (SSSR count). The van der Waals surface area contributed by atoms with E-state index < -0.39 is 11.6 Å². The number of hydrogen-bond donors (Lipinski definition) is 1. The zero-order chi connectivity index (χ0) is 34.4. The smallest absolute Gasteiger partial charge is 0.319 e. The molecular formula is C37H41F2N7O3. The van der Waals surface area contributed by atoms with Crippen LogP contribution < -0.4 is 9.64 Å². The number of nitrogens with zero attached hydrogens (tertiary/aromatic N) is 7. The van der Waals surface area contributed by atoms with Crippen molar-refractivity contribution in [2.75, 3.05) is 45.2 Å². The molecule has 1 saturated carbocycles. The number of pyridine rings is 1. The number of aromatic nitrogens is 5. The van der Waals surface area contributed by atoms with Gasteiger partial charge >= 0.3 is 6.01 Å². The third kappa shape index (κ3) is 6.41. The van der Waals surface area contributed by atoms with Crippen LogP contribution in [0.5, 0.6) is 11.8 Å². The minimum atomic E-state index is -0.712. The summed E-state index contributed by atoms with van der Waals surface area (Å²) >= 11 is 0. The van der Waals surface area contributed by atoms with Crippen LogP contribution in [0, 0.1) is 29.9 Å². The van der Waals surface area contributed by atoms with Gasteiger partial charge in [-0.3, -0.25) is 9.78 Å². The Balaban J connectivity index is 1.31. The molecule has 1 atom stereocenters. The van der Waals surface area contributed by atoms with Gasteiger partial charge in [-0.15, -0.1) is 0 Å². The molecule has 49 heavy (non-hydrogen) atoms. The van der Waals surface area contributed by atoms with Crippen LogP contribution in [-0.4, -0.2) is 81.0 Å². The van der Waals surface area contributed by atoms with Crippen molar-refractivity contribution in [3.63, 3.8) is 0 Å². The molecule has 1 aliphatic carbocycles. The van der Waals surface area contributed by atoms with E-state index in [9.17, 15) is 9.90 Å². The lowest BCUT2D eigenvalue weighted by Crippen LogP contribution is -2.29. The highest BCUT2D eigenvalue weighted by Crippen LogP contribution is 2.46. The quantitative estimate of drug-likeness (QED) is 0.187. The first-order valence-electron chi connectivity index (χ1n) is 17.0. The normalized spacial score (nSPS) is 17.5. The molecule has 256 valence electrons. The Hall–Kier alpha value is -4.71. The number of phenols is 1. The molecule has 12 heteroatoms. The molecule has 1 saturated heterocycles. The first-order valence-corrected chi connectivity index (χ1v) is 17.0. The number of hydrogen-bond acceptors (Lipinski definition) is 9. The van der Waals surface area contributed by atoms with E-state index in [4.69, 9.17) is 9.72 Å². The third-order valence-electron chi connectivity index (χ3n) is 9.85. The zero-order valence-electron chi connectivity index (χ0n) is 28.3. The number of carbonyl (C=O) groups excluding carboxylic acids is 1. The summed E-state index contributed by atoms with van der Waals surface area (Å²) in [5.74, 6) is -0.978. The summed E-state index contributed by atoms with van der Waals surface area (Å²) in [6.07, 6.45) is 7.63. The van der Waals surface area contributed by atoms with Gasteiger partial charge in [0, 0.05) is 48.9 Å². The molecule has 10 nitrogen and oxygen atoms in total. The Kier molecular flexibility index (Phi) is 8.68. The van der Waals surface area contributed by atoms with Crippen LogP contribution in [0.3, 0.4) is 0 Å². The average Bonchev–Trinajstić information content (AvgIpc) is 3.77. The van der Waals surface area contributed by atoms with Crippen molar-refractivity contribution in [3.05, 3.63) is 65.6 Å². The van der Waals surface area contributed by atoms with Crippen molar-refractivity contribution in [2.24, 2.45) is 11.3 Å². The van der Waals surface area contributed by atoms with Gasteiger partial charge < -0.3 is 19.6 Å². The van der Waals surface area contributed by atoms with E-state index in [0.717, 1.165) is 31.5 Å². The molecule has 0 bridgehead atoms. The standard InChI is InChI=1S/C37H41F2N7O3/c1-5-26-29(38)9-8-24-17-25(47)18-27(30(24)26)32-31(39)33-28(19-40-32)34(42-36(41-33)49-21-37(12-13-37)20-44(3)4)45-14-6-7-23(11-15-45)35(48)46-16-10-22(2)43-46/h8-10,16-19,23,47H,5-7,11-15,20-21H2,1-4H3. The third-order valence-corrected chi connectivity index (χ3v) is 9.85. The van der Waals surface area contributed by atoms with Crippen molar-refractivity contribution < 1.29 is 23.4 Å². The van der Waals surface area contributed by atoms with Gasteiger partial charge in [0.2, 0.25) is 5.91 Å². The molecule has 1 N–H and O–H groups in total. The lowest BCUT2D eigenvalue weighted by atomic mass is 9.94. The fraction of sp³-hybridized carbons (Fsp3) is 0.432. The minimum Gasteiger partial charge on any atom is -0.508 e. The molecule has 1 aliphatic heterocycles. The molecule has 1 unspecified atom stereocenters. The number of fused-ring (bicyclic) bond motifs is 2. The maximum Gasteiger partial charge on any atom is 0.319 e. The van der Waals surface area contributed by atoms with Crippen molar-refractivity contribution >= 4 is 33.4 Å². The monoisotopic (exact) mass is 669 g/mol. The molecule has 0 radical (unpaired) electrons. The van der Waals surface area contributed by atoms with Crippen LogP contribution >= 0.6 is 0 Å². The van der Waals surface area contributed by atoms with Crippen LogP contribution in [0.25, 0.3) is 32.9 Å². The van der Waals surface area contributed by atoms with Crippen LogP contribution in [0.15, 0.2) is 42.7 Å². The Bertz CT molecular complexity index is 2060. The van der Waals surface area contributed by atoms with Gasteiger partial charge in [-0.1, -0.05) is 13.0 Å². The minimum absolute atomic E-state index is 0.00786. The van der Waals surface area contributed by atoms with Gasteiger partial charge in [-0.25, -0.2) is 13.5 Å². The number of benzene rings is 2. The van der Waals surface area contributed by atoms with Crippen LogP contribution in [0.1, 0.15) is 55.1 Å². The largest absolute Gasteiger partial charge is 0.508 e. The predicted molar refractivity (Wildman–Crippen MR) is 184 cm³/mol. The summed E-state index contributed by atoms with van der Waals surface area (Å²) in [4.78, 5) is 31.5. The van der Waals surface area contributed by atoms with Crippen molar-refractivity contribution in [3.8, 4) is 23.0 Å². The Morgan fingerprint density at radius 3 is 2.65 bits per heavy atom. The summed E-state index contributed by atoms with van der Waals surface area (Å²) in [5.41, 5.74) is 1.44. The highest BCUT2D eigenvalue weighted by atomic mass is 19.1. The van der Waals surface area contributed by atoms with Gasteiger partial charge in [0.25, 0.3) is 0 Å². The number of carbonyl (C=O) groups is 1. The first-order chi connectivity index (χ1) is 23.6. The van der Waals surface area contributed by atoms with E-state index in [-0.39, 0.29) is 45.8 Å². The lowest BCUT2D eigenvalue weighted by molar-refractivity contribution is 0.0806. The second-order valence-electron chi connectivity index (χ2n) is 13.9. The van der Waals surface area contributed by atoms with Gasteiger partial charge in [0.05, 0.1) is 17.7 Å². The van der Waals surface area contributed by atoms with Crippen molar-refractivity contribution in [1.29, 1.82) is 0 Å². The van der Waals surface area contributed by atoms with Gasteiger partial charge in [-0.2, -0.15) is 15.1 Å². The van der Waals surface area contributed by atoms with E-state index >= 15 is 8.78 Å². The van der Waals surface area contributed by atoms with Crippen LogP contribution in [0.4, 0.5) is 14.6 Å². The second-order valence-corrected chi connectivity index (χ2v) is 13.9. The summed E-state index contributed by atoms with van der Waals surface area (Å²) in [5, 5.41) is 16.4. The number of halogens is 2. The molecule has 4 heterocycles. The zero-order valence-corrected chi connectivity index (χ0v) is 28.3. The number of rotatable bonds is 9. The molecule has 2 aliphatic rings. The predicted octanol–water partition coefficient (Wildman–Crippen LogP) is 6.56. The number of ether oxygens (including phenoxy) is 1. The Labute approximate surface area is 283 Å². The SMILES string of the molecule is CCc1c(F)ccc2cc(O)cc(-c3ncc4c(N5CCCC(C(=O)n6ccc(C)n6)CC5)nc(OCC5(CN(C)C)CC5)nc4c3F)c12. The van der Waals surface area contributed by atoms with Gasteiger partial charge in [-0.05, 0) is 100 Å². The van der Waals surface area contributed by atoms with Crippen molar-refractivity contribution in [2.45, 2.75) is 52.4 Å². The molecular weight excluding hydrogens is 628 g/mol. The van der Waals surface area contributed by atoms with E-state index in [1.807, 2.05) is 34.0 Å². The van der Waals surface area contributed by atoms with Crippen LogP contribution in [0.2, 0.25) is 0 Å². The fourth-order valence-electron chi connectivity index (χ4n) is 7.24.